The molecule has 19 heavy (non-hydrogen) atoms. The van der Waals surface area contributed by atoms with Crippen molar-refractivity contribution in [2.75, 3.05) is 13.1 Å². The highest BCUT2D eigenvalue weighted by atomic mass is 16.6. The van der Waals surface area contributed by atoms with Gasteiger partial charge in [-0.1, -0.05) is 0 Å². The summed E-state index contributed by atoms with van der Waals surface area (Å²) in [4.78, 5) is 13.8. The number of ether oxygens (including phenoxy) is 1. The molecular weight excluding hydrogens is 246 g/mol. The molecule has 2 N–H and O–H groups in total. The van der Waals surface area contributed by atoms with Crippen LogP contribution in [0.25, 0.3) is 0 Å². The van der Waals surface area contributed by atoms with Crippen LogP contribution >= 0.6 is 0 Å². The van der Waals surface area contributed by atoms with Gasteiger partial charge in [-0.15, -0.1) is 0 Å². The Morgan fingerprint density at radius 2 is 1.95 bits per heavy atom. The Balaban J connectivity index is 1.94. The van der Waals surface area contributed by atoms with Crippen LogP contribution in [0.1, 0.15) is 46.5 Å². The van der Waals surface area contributed by atoms with Crippen molar-refractivity contribution < 1.29 is 19.7 Å². The normalized spacial score (nSPS) is 35.7. The van der Waals surface area contributed by atoms with Crippen molar-refractivity contribution in [1.29, 1.82) is 0 Å². The van der Waals surface area contributed by atoms with E-state index >= 15 is 0 Å². The van der Waals surface area contributed by atoms with Gasteiger partial charge in [0.15, 0.2) is 0 Å². The van der Waals surface area contributed by atoms with E-state index < -0.39 is 17.8 Å². The van der Waals surface area contributed by atoms with E-state index in [4.69, 9.17) is 4.74 Å². The maximum atomic E-state index is 12.0. The standard InChI is InChI=1S/C14H25NO4/c1-13(2,3)19-12(18)15-7-6-14(9-15)5-4-10(16)11(17)8-14/h10-11,16-17H,4-9H2,1-3H3/t10-,11+,14-/m1/s1. The summed E-state index contributed by atoms with van der Waals surface area (Å²) in [5, 5.41) is 19.4. The number of amides is 1. The van der Waals surface area contributed by atoms with Gasteiger partial charge in [0.2, 0.25) is 0 Å². The quantitative estimate of drug-likeness (QED) is 0.701. The van der Waals surface area contributed by atoms with Crippen molar-refractivity contribution in [3.63, 3.8) is 0 Å². The highest BCUT2D eigenvalue weighted by Gasteiger charge is 2.46. The average Bonchev–Trinajstić information content (AvgIpc) is 2.66. The predicted molar refractivity (Wildman–Crippen MR) is 70.7 cm³/mol. The zero-order valence-corrected chi connectivity index (χ0v) is 12.1. The Morgan fingerprint density at radius 1 is 1.26 bits per heavy atom. The largest absolute Gasteiger partial charge is 0.444 e. The van der Waals surface area contributed by atoms with Crippen LogP contribution in [0.4, 0.5) is 4.79 Å². The summed E-state index contributed by atoms with van der Waals surface area (Å²) in [5.74, 6) is 0. The molecule has 1 heterocycles. The Labute approximate surface area is 114 Å². The third-order valence-corrected chi connectivity index (χ3v) is 4.15. The smallest absolute Gasteiger partial charge is 0.410 e. The van der Waals surface area contributed by atoms with E-state index in [1.807, 2.05) is 20.8 Å². The number of carbonyl (C=O) groups is 1. The summed E-state index contributed by atoms with van der Waals surface area (Å²) in [6.07, 6.45) is 1.40. The second kappa shape index (κ2) is 4.94. The van der Waals surface area contributed by atoms with E-state index in [-0.39, 0.29) is 11.5 Å². The molecule has 5 nitrogen and oxygen atoms in total. The second-order valence-electron chi connectivity index (χ2n) is 7.03. The van der Waals surface area contributed by atoms with Crippen molar-refractivity contribution in [1.82, 2.24) is 4.90 Å². The molecule has 110 valence electrons. The number of hydrogen-bond acceptors (Lipinski definition) is 4. The maximum absolute atomic E-state index is 12.0. The fourth-order valence-electron chi connectivity index (χ4n) is 3.12. The topological polar surface area (TPSA) is 70.0 Å². The lowest BCUT2D eigenvalue weighted by Gasteiger charge is -2.38. The van der Waals surface area contributed by atoms with Crippen molar-refractivity contribution in [3.05, 3.63) is 0 Å². The monoisotopic (exact) mass is 271 g/mol. The molecule has 3 atom stereocenters. The molecule has 1 aliphatic carbocycles. The van der Waals surface area contributed by atoms with Gasteiger partial charge < -0.3 is 19.8 Å². The van der Waals surface area contributed by atoms with Gasteiger partial charge in [0.1, 0.15) is 5.60 Å². The minimum atomic E-state index is -0.660. The highest BCUT2D eigenvalue weighted by molar-refractivity contribution is 5.68. The first-order valence-electron chi connectivity index (χ1n) is 7.05. The van der Waals surface area contributed by atoms with Crippen LogP contribution in [-0.2, 0) is 4.74 Å². The Hall–Kier alpha value is -0.810. The zero-order chi connectivity index (χ0) is 14.3. The van der Waals surface area contributed by atoms with Gasteiger partial charge >= 0.3 is 6.09 Å². The summed E-state index contributed by atoms with van der Waals surface area (Å²) < 4.78 is 5.38. The van der Waals surface area contributed by atoms with E-state index in [0.717, 1.165) is 12.8 Å². The molecule has 2 fully saturated rings. The Kier molecular flexibility index (Phi) is 3.80. The average molecular weight is 271 g/mol. The molecule has 0 bridgehead atoms. The fraction of sp³-hybridized carbons (Fsp3) is 0.929. The molecule has 1 saturated heterocycles. The lowest BCUT2D eigenvalue weighted by Crippen LogP contribution is -2.43. The Morgan fingerprint density at radius 3 is 2.53 bits per heavy atom. The van der Waals surface area contributed by atoms with Crippen LogP contribution in [0.5, 0.6) is 0 Å². The van der Waals surface area contributed by atoms with E-state index in [1.54, 1.807) is 4.90 Å². The molecule has 1 aliphatic heterocycles. The van der Waals surface area contributed by atoms with Gasteiger partial charge in [-0.25, -0.2) is 4.79 Å². The molecule has 0 aromatic heterocycles. The van der Waals surface area contributed by atoms with Gasteiger partial charge in [-0.2, -0.15) is 0 Å². The molecule has 5 heteroatoms. The molecular formula is C14H25NO4. The number of likely N-dealkylation sites (tertiary alicyclic amines) is 1. The third kappa shape index (κ3) is 3.39. The molecule has 2 rings (SSSR count). The predicted octanol–water partition coefficient (Wildman–Crippen LogP) is 1.52. The van der Waals surface area contributed by atoms with Gasteiger partial charge in [0.25, 0.3) is 0 Å². The van der Waals surface area contributed by atoms with Crippen LogP contribution in [0.3, 0.4) is 0 Å². The second-order valence-corrected chi connectivity index (χ2v) is 7.03. The summed E-state index contributed by atoms with van der Waals surface area (Å²) in [6, 6.07) is 0. The van der Waals surface area contributed by atoms with Crippen molar-refractivity contribution in [2.24, 2.45) is 5.41 Å². The summed E-state index contributed by atoms with van der Waals surface area (Å²) in [6.45, 7) is 6.88. The van der Waals surface area contributed by atoms with Gasteiger partial charge in [-0.05, 0) is 51.9 Å². The molecule has 1 saturated carbocycles. The van der Waals surface area contributed by atoms with E-state index in [9.17, 15) is 15.0 Å². The molecule has 1 spiro atoms. The minimum Gasteiger partial charge on any atom is -0.444 e. The van der Waals surface area contributed by atoms with Crippen LogP contribution < -0.4 is 0 Å². The van der Waals surface area contributed by atoms with Gasteiger partial charge in [0, 0.05) is 13.1 Å². The van der Waals surface area contributed by atoms with Crippen molar-refractivity contribution in [2.45, 2.75) is 64.3 Å². The molecule has 0 radical (unpaired) electrons. The highest BCUT2D eigenvalue weighted by Crippen LogP contribution is 2.44. The van der Waals surface area contributed by atoms with Crippen LogP contribution in [0.15, 0.2) is 0 Å². The number of hydrogen-bond donors (Lipinski definition) is 2. The SMILES string of the molecule is CC(C)(C)OC(=O)N1CC[C@@]2(CC[C@@H](O)[C@@H](O)C2)C1. The Bertz CT molecular complexity index is 352. The maximum Gasteiger partial charge on any atom is 0.410 e. The lowest BCUT2D eigenvalue weighted by molar-refractivity contribution is -0.0517. The fourth-order valence-corrected chi connectivity index (χ4v) is 3.12. The summed E-state index contributed by atoms with van der Waals surface area (Å²) >= 11 is 0. The van der Waals surface area contributed by atoms with Gasteiger partial charge in [0.05, 0.1) is 12.2 Å². The van der Waals surface area contributed by atoms with E-state index in [2.05, 4.69) is 0 Å². The summed E-state index contributed by atoms with van der Waals surface area (Å²) in [5.41, 5.74) is -0.509. The number of rotatable bonds is 0. The van der Waals surface area contributed by atoms with Crippen molar-refractivity contribution in [3.8, 4) is 0 Å². The number of nitrogens with zero attached hydrogens (tertiary/aromatic N) is 1. The molecule has 1 amide bonds. The van der Waals surface area contributed by atoms with Crippen LogP contribution in [-0.4, -0.2) is 52.1 Å². The van der Waals surface area contributed by atoms with Crippen LogP contribution in [0.2, 0.25) is 0 Å². The molecule has 0 aromatic carbocycles. The summed E-state index contributed by atoms with van der Waals surface area (Å²) in [7, 11) is 0. The van der Waals surface area contributed by atoms with Crippen molar-refractivity contribution >= 4 is 6.09 Å². The zero-order valence-electron chi connectivity index (χ0n) is 12.1. The van der Waals surface area contributed by atoms with E-state index in [0.29, 0.717) is 25.9 Å². The third-order valence-electron chi connectivity index (χ3n) is 4.15. The number of aliphatic hydroxyl groups is 2. The lowest BCUT2D eigenvalue weighted by atomic mass is 9.71. The number of aliphatic hydroxyl groups excluding tert-OH is 2. The molecule has 0 unspecified atom stereocenters. The first kappa shape index (κ1) is 14.6. The minimum absolute atomic E-state index is 0.0322. The first-order chi connectivity index (χ1) is 8.71. The molecule has 0 aromatic rings. The number of carbonyl (C=O) groups excluding carboxylic acids is 1. The molecule has 2 aliphatic rings. The van der Waals surface area contributed by atoms with Gasteiger partial charge in [-0.3, -0.25) is 0 Å². The van der Waals surface area contributed by atoms with Crippen LogP contribution in [0, 0.1) is 5.41 Å². The van der Waals surface area contributed by atoms with E-state index in [1.165, 1.54) is 0 Å². The first-order valence-corrected chi connectivity index (χ1v) is 7.05.